The first-order valence-electron chi connectivity index (χ1n) is 3.70. The second-order valence-corrected chi connectivity index (χ2v) is 5.67. The largest absolute Gasteiger partial charge is 0.287 e. The number of halogens is 2. The molecule has 72 valence electrons. The number of nitriles is 1. The summed E-state index contributed by atoms with van der Waals surface area (Å²) in [6.07, 6.45) is 5.11. The molecule has 1 aromatic rings. The van der Waals surface area contributed by atoms with Gasteiger partial charge in [-0.1, -0.05) is 5.92 Å². The number of hydrogen-bond acceptors (Lipinski definition) is 3. The van der Waals surface area contributed by atoms with Crippen molar-refractivity contribution in [2.45, 2.75) is 6.04 Å². The second-order valence-electron chi connectivity index (χ2n) is 2.42. The van der Waals surface area contributed by atoms with Gasteiger partial charge < -0.3 is 0 Å². The number of hydrogen-bond donors (Lipinski definition) is 1. The van der Waals surface area contributed by atoms with Gasteiger partial charge in [-0.2, -0.15) is 5.26 Å². The topological polar surface area (TPSA) is 35.8 Å². The van der Waals surface area contributed by atoms with Crippen molar-refractivity contribution in [1.82, 2.24) is 5.32 Å². The molecule has 0 amide bonds. The molecular weight excluding hydrogens is 328 g/mol. The van der Waals surface area contributed by atoms with Crippen molar-refractivity contribution in [2.75, 3.05) is 6.54 Å². The van der Waals surface area contributed by atoms with E-state index in [1.54, 1.807) is 0 Å². The summed E-state index contributed by atoms with van der Waals surface area (Å²) in [6, 6.07) is 3.73. The highest BCUT2D eigenvalue weighted by Gasteiger charge is 2.13. The maximum absolute atomic E-state index is 8.90. The molecule has 1 heterocycles. The standard InChI is InChI=1S/C9H6Br2N2S/c1-2-3-13-7(5-12)8-4-6(10)9(11)14-8/h1,4,7,13H,3H2. The van der Waals surface area contributed by atoms with Crippen molar-refractivity contribution in [3.05, 3.63) is 19.2 Å². The second kappa shape index (κ2) is 5.53. The molecule has 1 aromatic heterocycles. The van der Waals surface area contributed by atoms with Crippen LogP contribution in [0.2, 0.25) is 0 Å². The molecule has 0 saturated heterocycles. The molecule has 1 N–H and O–H groups in total. The Kier molecular flexibility index (Phi) is 4.64. The van der Waals surface area contributed by atoms with Crippen LogP contribution in [-0.2, 0) is 0 Å². The van der Waals surface area contributed by atoms with Gasteiger partial charge in [0.15, 0.2) is 0 Å². The van der Waals surface area contributed by atoms with E-state index in [2.05, 4.69) is 49.2 Å². The molecule has 0 fully saturated rings. The number of nitrogens with one attached hydrogen (secondary N) is 1. The van der Waals surface area contributed by atoms with Crippen molar-refractivity contribution < 1.29 is 0 Å². The van der Waals surface area contributed by atoms with Crippen molar-refractivity contribution in [2.24, 2.45) is 0 Å². The van der Waals surface area contributed by atoms with E-state index < -0.39 is 0 Å². The van der Waals surface area contributed by atoms with Gasteiger partial charge in [0.1, 0.15) is 6.04 Å². The summed E-state index contributed by atoms with van der Waals surface area (Å²) in [6.45, 7) is 0.394. The Morgan fingerprint density at radius 2 is 2.36 bits per heavy atom. The summed E-state index contributed by atoms with van der Waals surface area (Å²) in [7, 11) is 0. The van der Waals surface area contributed by atoms with E-state index in [0.717, 1.165) is 13.1 Å². The van der Waals surface area contributed by atoms with Gasteiger partial charge in [-0.25, -0.2) is 0 Å². The van der Waals surface area contributed by atoms with Crippen LogP contribution in [0.15, 0.2) is 14.3 Å². The molecule has 0 aliphatic heterocycles. The minimum Gasteiger partial charge on any atom is -0.287 e. The normalized spacial score (nSPS) is 11.7. The lowest BCUT2D eigenvalue weighted by Crippen LogP contribution is -2.18. The summed E-state index contributed by atoms with van der Waals surface area (Å²) in [5.74, 6) is 2.44. The quantitative estimate of drug-likeness (QED) is 0.863. The Morgan fingerprint density at radius 3 is 2.79 bits per heavy atom. The van der Waals surface area contributed by atoms with Crippen LogP contribution in [-0.4, -0.2) is 6.54 Å². The molecule has 0 radical (unpaired) electrons. The van der Waals surface area contributed by atoms with Crippen LogP contribution >= 0.6 is 43.2 Å². The zero-order valence-electron chi connectivity index (χ0n) is 7.05. The molecule has 0 bridgehead atoms. The predicted molar refractivity (Wildman–Crippen MR) is 64.9 cm³/mol. The molecule has 5 heteroatoms. The fourth-order valence-corrected chi connectivity index (χ4v) is 2.99. The van der Waals surface area contributed by atoms with E-state index in [1.807, 2.05) is 6.07 Å². The number of rotatable bonds is 3. The van der Waals surface area contributed by atoms with Crippen LogP contribution in [0.1, 0.15) is 10.9 Å². The summed E-state index contributed by atoms with van der Waals surface area (Å²) < 4.78 is 1.94. The average molecular weight is 334 g/mol. The van der Waals surface area contributed by atoms with Gasteiger partial charge in [0.2, 0.25) is 0 Å². The van der Waals surface area contributed by atoms with Crippen molar-refractivity contribution in [3.63, 3.8) is 0 Å². The van der Waals surface area contributed by atoms with E-state index in [-0.39, 0.29) is 6.04 Å². The molecule has 0 aliphatic carbocycles. The van der Waals surface area contributed by atoms with Gasteiger partial charge >= 0.3 is 0 Å². The van der Waals surface area contributed by atoms with Crippen LogP contribution in [0.5, 0.6) is 0 Å². The Labute approximate surface area is 104 Å². The Morgan fingerprint density at radius 1 is 1.64 bits per heavy atom. The maximum atomic E-state index is 8.90. The molecule has 1 unspecified atom stereocenters. The lowest BCUT2D eigenvalue weighted by atomic mass is 10.2. The minimum absolute atomic E-state index is 0.335. The first-order chi connectivity index (χ1) is 6.69. The third kappa shape index (κ3) is 2.83. The highest BCUT2D eigenvalue weighted by Crippen LogP contribution is 2.35. The third-order valence-corrected chi connectivity index (χ3v) is 4.81. The van der Waals surface area contributed by atoms with Crippen LogP contribution in [0.25, 0.3) is 0 Å². The molecule has 1 atom stereocenters. The fourth-order valence-electron chi connectivity index (χ4n) is 0.876. The molecule has 2 nitrogen and oxygen atoms in total. The van der Waals surface area contributed by atoms with Crippen LogP contribution in [0.4, 0.5) is 0 Å². The summed E-state index contributed by atoms with van der Waals surface area (Å²) >= 11 is 8.26. The van der Waals surface area contributed by atoms with E-state index in [9.17, 15) is 0 Å². The minimum atomic E-state index is -0.335. The zero-order chi connectivity index (χ0) is 10.6. The first kappa shape index (κ1) is 11.7. The lowest BCUT2D eigenvalue weighted by molar-refractivity contribution is 0.701. The number of nitrogens with zero attached hydrogens (tertiary/aromatic N) is 1. The monoisotopic (exact) mass is 332 g/mol. The Balaban J connectivity index is 2.81. The number of thiophene rings is 1. The molecule has 0 aromatic carbocycles. The van der Waals surface area contributed by atoms with Crippen LogP contribution in [0, 0.1) is 23.7 Å². The van der Waals surface area contributed by atoms with Gasteiger partial charge in [0.05, 0.1) is 16.4 Å². The van der Waals surface area contributed by atoms with Crippen molar-refractivity contribution >= 4 is 43.2 Å². The molecule has 14 heavy (non-hydrogen) atoms. The van der Waals surface area contributed by atoms with Crippen molar-refractivity contribution in [1.29, 1.82) is 5.26 Å². The van der Waals surface area contributed by atoms with Gasteiger partial charge in [-0.3, -0.25) is 5.32 Å². The molecular formula is C9H6Br2N2S. The van der Waals surface area contributed by atoms with Crippen molar-refractivity contribution in [3.8, 4) is 18.4 Å². The van der Waals surface area contributed by atoms with Crippen LogP contribution in [0.3, 0.4) is 0 Å². The highest BCUT2D eigenvalue weighted by molar-refractivity contribution is 9.13. The Hall–Kier alpha value is -0.330. The van der Waals surface area contributed by atoms with Gasteiger partial charge in [0, 0.05) is 9.35 Å². The SMILES string of the molecule is C#CCNC(C#N)c1cc(Br)c(Br)s1. The average Bonchev–Trinajstić information content (AvgIpc) is 2.48. The third-order valence-electron chi connectivity index (χ3n) is 1.49. The van der Waals surface area contributed by atoms with E-state index >= 15 is 0 Å². The molecule has 0 saturated carbocycles. The summed E-state index contributed by atoms with van der Waals surface area (Å²) in [5.41, 5.74) is 0. The first-order valence-corrected chi connectivity index (χ1v) is 6.10. The van der Waals surface area contributed by atoms with Gasteiger partial charge in [-0.15, -0.1) is 17.8 Å². The fraction of sp³-hybridized carbons (Fsp3) is 0.222. The Bertz CT molecular complexity index is 380. The van der Waals surface area contributed by atoms with Gasteiger partial charge in [0.25, 0.3) is 0 Å². The van der Waals surface area contributed by atoms with E-state index in [4.69, 9.17) is 11.7 Å². The van der Waals surface area contributed by atoms with E-state index in [0.29, 0.717) is 6.54 Å². The molecule has 1 rings (SSSR count). The summed E-state index contributed by atoms with van der Waals surface area (Å²) in [4.78, 5) is 0.946. The maximum Gasteiger partial charge on any atom is 0.131 e. The van der Waals surface area contributed by atoms with E-state index in [1.165, 1.54) is 11.3 Å². The predicted octanol–water partition coefficient (Wildman–Crippen LogP) is 3.06. The summed E-state index contributed by atoms with van der Waals surface area (Å²) in [5, 5.41) is 11.8. The number of terminal acetylenes is 1. The van der Waals surface area contributed by atoms with Crippen LogP contribution < -0.4 is 5.32 Å². The molecule has 0 spiro atoms. The van der Waals surface area contributed by atoms with Gasteiger partial charge in [-0.05, 0) is 37.9 Å². The highest BCUT2D eigenvalue weighted by atomic mass is 79.9. The smallest absolute Gasteiger partial charge is 0.131 e. The molecule has 0 aliphatic rings. The lowest BCUT2D eigenvalue weighted by Gasteiger charge is -2.05. The zero-order valence-corrected chi connectivity index (χ0v) is 11.0.